The molecule has 0 saturated carbocycles. The smallest absolute Gasteiger partial charge is 0.355 e. The Kier molecular flexibility index (Phi) is 6.75. The zero-order valence-corrected chi connectivity index (χ0v) is 16.1. The molecule has 0 bridgehead atoms. The third-order valence-corrected chi connectivity index (χ3v) is 4.99. The first-order valence-corrected chi connectivity index (χ1v) is 8.86. The average Bonchev–Trinajstić information content (AvgIpc) is 2.61. The Bertz CT molecular complexity index is 704. The van der Waals surface area contributed by atoms with Gasteiger partial charge in [-0.25, -0.2) is 9.59 Å². The Morgan fingerprint density at radius 3 is 2.52 bits per heavy atom. The van der Waals surface area contributed by atoms with Gasteiger partial charge in [-0.1, -0.05) is 31.5 Å². The molecule has 0 aliphatic carbocycles. The molecule has 1 aromatic carbocycles. The molecule has 0 radical (unpaired) electrons. The molecule has 1 aliphatic heterocycles. The summed E-state index contributed by atoms with van der Waals surface area (Å²) < 4.78 is 15.2. The van der Waals surface area contributed by atoms with Crippen molar-refractivity contribution in [2.75, 3.05) is 32.5 Å². The summed E-state index contributed by atoms with van der Waals surface area (Å²) in [5.74, 6) is -1.27. The largest absolute Gasteiger partial charge is 0.466 e. The van der Waals surface area contributed by atoms with Crippen LogP contribution >= 0.6 is 23.4 Å². The van der Waals surface area contributed by atoms with Crippen LogP contribution in [-0.4, -0.2) is 44.7 Å². The SMILES string of the molecule is COC(=O)C1=C(C(=O)OC)N(c2cccc(Cl)c2SC(C)C)COC1. The molecule has 136 valence electrons. The van der Waals surface area contributed by atoms with Crippen LogP contribution in [0.2, 0.25) is 5.02 Å². The maximum atomic E-state index is 12.4. The van der Waals surface area contributed by atoms with Crippen molar-refractivity contribution in [3.63, 3.8) is 0 Å². The number of methoxy groups -OCH3 is 2. The van der Waals surface area contributed by atoms with E-state index in [-0.39, 0.29) is 29.9 Å². The molecule has 6 nitrogen and oxygen atoms in total. The van der Waals surface area contributed by atoms with Gasteiger partial charge in [-0.2, -0.15) is 0 Å². The lowest BCUT2D eigenvalue weighted by Gasteiger charge is -2.32. The highest BCUT2D eigenvalue weighted by Gasteiger charge is 2.33. The predicted octanol–water partition coefficient (Wildman–Crippen LogP) is 3.23. The summed E-state index contributed by atoms with van der Waals surface area (Å²) in [6, 6.07) is 5.38. The summed E-state index contributed by atoms with van der Waals surface area (Å²) in [7, 11) is 2.52. The maximum Gasteiger partial charge on any atom is 0.355 e. The molecule has 2 rings (SSSR count). The summed E-state index contributed by atoms with van der Waals surface area (Å²) in [5, 5.41) is 0.834. The lowest BCUT2D eigenvalue weighted by Crippen LogP contribution is -2.39. The number of rotatable bonds is 5. The van der Waals surface area contributed by atoms with Crippen LogP contribution in [0.4, 0.5) is 5.69 Å². The van der Waals surface area contributed by atoms with Crippen molar-refractivity contribution in [1.29, 1.82) is 0 Å². The molecule has 0 saturated heterocycles. The lowest BCUT2D eigenvalue weighted by atomic mass is 10.1. The summed E-state index contributed by atoms with van der Waals surface area (Å²) in [4.78, 5) is 26.8. The summed E-state index contributed by atoms with van der Waals surface area (Å²) in [6.45, 7) is 4.15. The fourth-order valence-corrected chi connectivity index (χ4v) is 3.65. The molecule has 25 heavy (non-hydrogen) atoms. The molecule has 0 N–H and O–H groups in total. The van der Waals surface area contributed by atoms with E-state index in [4.69, 9.17) is 25.8 Å². The van der Waals surface area contributed by atoms with E-state index < -0.39 is 11.9 Å². The van der Waals surface area contributed by atoms with E-state index >= 15 is 0 Å². The minimum Gasteiger partial charge on any atom is -0.466 e. The van der Waals surface area contributed by atoms with Gasteiger partial charge in [0.2, 0.25) is 0 Å². The summed E-state index contributed by atoms with van der Waals surface area (Å²) in [5.41, 5.74) is 0.891. The second kappa shape index (κ2) is 8.60. The fraction of sp³-hybridized carbons (Fsp3) is 0.412. The van der Waals surface area contributed by atoms with Gasteiger partial charge in [-0.3, -0.25) is 0 Å². The van der Waals surface area contributed by atoms with E-state index in [1.165, 1.54) is 14.2 Å². The Balaban J connectivity index is 2.62. The third-order valence-electron chi connectivity index (χ3n) is 3.42. The van der Waals surface area contributed by atoms with E-state index in [2.05, 4.69) is 0 Å². The standard InChI is InChI=1S/C17H20ClNO5S/c1-10(2)25-15-12(18)6-5-7-13(15)19-9-24-8-11(16(20)22-3)14(19)17(21)23-4/h5-7,10H,8-9H2,1-4H3. The van der Waals surface area contributed by atoms with E-state index in [0.29, 0.717) is 10.7 Å². The zero-order valence-electron chi connectivity index (χ0n) is 14.5. The molecule has 1 aromatic rings. The molecule has 0 aromatic heterocycles. The average molecular weight is 386 g/mol. The molecule has 1 aliphatic rings. The van der Waals surface area contributed by atoms with Crippen molar-refractivity contribution in [2.45, 2.75) is 24.0 Å². The highest BCUT2D eigenvalue weighted by atomic mass is 35.5. The third kappa shape index (κ3) is 4.29. The Morgan fingerprint density at radius 2 is 1.92 bits per heavy atom. The molecular formula is C17H20ClNO5S. The summed E-state index contributed by atoms with van der Waals surface area (Å²) >= 11 is 7.93. The van der Waals surface area contributed by atoms with Gasteiger partial charge in [0.15, 0.2) is 0 Å². The molecule has 0 amide bonds. The second-order valence-corrected chi connectivity index (χ2v) is 7.46. The predicted molar refractivity (Wildman–Crippen MR) is 96.8 cm³/mol. The number of halogens is 1. The Hall–Kier alpha value is -1.70. The van der Waals surface area contributed by atoms with E-state index in [9.17, 15) is 9.59 Å². The van der Waals surface area contributed by atoms with Crippen LogP contribution in [0.3, 0.4) is 0 Å². The first-order chi connectivity index (χ1) is 11.9. The van der Waals surface area contributed by atoms with Crippen molar-refractivity contribution in [1.82, 2.24) is 0 Å². The number of ether oxygens (including phenoxy) is 3. The van der Waals surface area contributed by atoms with E-state index in [1.807, 2.05) is 19.9 Å². The molecule has 0 fully saturated rings. The van der Waals surface area contributed by atoms with Crippen molar-refractivity contribution in [3.8, 4) is 0 Å². The Morgan fingerprint density at radius 1 is 1.24 bits per heavy atom. The molecule has 0 atom stereocenters. The molecule has 8 heteroatoms. The minimum absolute atomic E-state index is 0.0270. The maximum absolute atomic E-state index is 12.4. The van der Waals surface area contributed by atoms with Crippen LogP contribution in [0.15, 0.2) is 34.4 Å². The Labute approximate surface area is 156 Å². The first-order valence-electron chi connectivity index (χ1n) is 7.60. The van der Waals surface area contributed by atoms with Gasteiger partial charge in [0.05, 0.1) is 37.1 Å². The van der Waals surface area contributed by atoms with Crippen LogP contribution in [0.5, 0.6) is 0 Å². The van der Waals surface area contributed by atoms with Crippen molar-refractivity contribution in [3.05, 3.63) is 34.5 Å². The van der Waals surface area contributed by atoms with E-state index in [0.717, 1.165) is 4.90 Å². The van der Waals surface area contributed by atoms with Gasteiger partial charge in [-0.15, -0.1) is 11.8 Å². The van der Waals surface area contributed by atoms with Gasteiger partial charge >= 0.3 is 11.9 Å². The van der Waals surface area contributed by atoms with Gasteiger partial charge < -0.3 is 19.1 Å². The highest BCUT2D eigenvalue weighted by molar-refractivity contribution is 8.00. The van der Waals surface area contributed by atoms with Gasteiger partial charge in [0.25, 0.3) is 0 Å². The highest BCUT2D eigenvalue weighted by Crippen LogP contribution is 2.40. The number of thioether (sulfide) groups is 1. The van der Waals surface area contributed by atoms with Crippen LogP contribution in [0.25, 0.3) is 0 Å². The zero-order chi connectivity index (χ0) is 18.6. The lowest BCUT2D eigenvalue weighted by molar-refractivity contribution is -0.140. The summed E-state index contributed by atoms with van der Waals surface area (Å²) in [6.07, 6.45) is 0. The minimum atomic E-state index is -0.635. The number of hydrogen-bond acceptors (Lipinski definition) is 7. The molecular weight excluding hydrogens is 366 g/mol. The molecule has 1 heterocycles. The number of anilines is 1. The number of carbonyl (C=O) groups excluding carboxylic acids is 2. The first kappa shape index (κ1) is 19.6. The van der Waals surface area contributed by atoms with Gasteiger partial charge in [0.1, 0.15) is 12.4 Å². The van der Waals surface area contributed by atoms with Crippen LogP contribution in [0, 0.1) is 0 Å². The molecule has 0 unspecified atom stereocenters. The molecule has 0 spiro atoms. The normalized spacial score (nSPS) is 14.7. The number of nitrogens with zero attached hydrogens (tertiary/aromatic N) is 1. The fourth-order valence-electron chi connectivity index (χ4n) is 2.40. The van der Waals surface area contributed by atoms with Crippen LogP contribution in [0.1, 0.15) is 13.8 Å². The monoisotopic (exact) mass is 385 g/mol. The van der Waals surface area contributed by atoms with Crippen LogP contribution in [-0.2, 0) is 23.8 Å². The van der Waals surface area contributed by atoms with Crippen molar-refractivity contribution >= 4 is 41.0 Å². The van der Waals surface area contributed by atoms with Gasteiger partial charge in [-0.05, 0) is 12.1 Å². The number of hydrogen-bond donors (Lipinski definition) is 0. The van der Waals surface area contributed by atoms with E-state index in [1.54, 1.807) is 28.8 Å². The van der Waals surface area contributed by atoms with Crippen molar-refractivity contribution < 1.29 is 23.8 Å². The van der Waals surface area contributed by atoms with Crippen LogP contribution < -0.4 is 4.90 Å². The number of benzene rings is 1. The number of esters is 2. The quantitative estimate of drug-likeness (QED) is 0.569. The van der Waals surface area contributed by atoms with Crippen molar-refractivity contribution in [2.24, 2.45) is 0 Å². The van der Waals surface area contributed by atoms with Gasteiger partial charge in [0, 0.05) is 10.1 Å². The second-order valence-electron chi connectivity index (χ2n) is 5.47. The topological polar surface area (TPSA) is 65.1 Å². The number of carbonyl (C=O) groups is 2.